The fraction of sp³-hybridized carbons (Fsp3) is 0.158. The van der Waals surface area contributed by atoms with Crippen LogP contribution in [0.4, 0.5) is 10.1 Å². The number of carbonyl (C=O) groups is 1. The van der Waals surface area contributed by atoms with Gasteiger partial charge in [-0.3, -0.25) is 9.69 Å². The highest BCUT2D eigenvalue weighted by Crippen LogP contribution is 2.34. The number of pyridine rings is 1. The highest BCUT2D eigenvalue weighted by Gasteiger charge is 2.29. The first-order chi connectivity index (χ1) is 12.1. The minimum atomic E-state index is -0.275. The molecule has 4 rings (SSSR count). The molecule has 3 heterocycles. The SMILES string of the molecule is CC1CN(C(=O)c2ccc(-c3ccc(F)cc3)s2)c2cccnc2O1. The van der Waals surface area contributed by atoms with Gasteiger partial charge in [-0.15, -0.1) is 11.3 Å². The zero-order valence-corrected chi connectivity index (χ0v) is 14.3. The molecule has 0 saturated heterocycles. The molecule has 1 aromatic carbocycles. The van der Waals surface area contributed by atoms with E-state index in [4.69, 9.17) is 4.74 Å². The zero-order chi connectivity index (χ0) is 17.4. The summed E-state index contributed by atoms with van der Waals surface area (Å²) >= 11 is 1.39. The summed E-state index contributed by atoms with van der Waals surface area (Å²) in [6.07, 6.45) is 1.53. The average Bonchev–Trinajstić information content (AvgIpc) is 3.11. The second kappa shape index (κ2) is 6.29. The van der Waals surface area contributed by atoms with Crippen LogP contribution in [0, 0.1) is 5.82 Å². The van der Waals surface area contributed by atoms with Gasteiger partial charge in [0, 0.05) is 11.1 Å². The number of carbonyl (C=O) groups excluding carboxylic acids is 1. The van der Waals surface area contributed by atoms with Gasteiger partial charge in [-0.25, -0.2) is 9.37 Å². The molecule has 0 fully saturated rings. The predicted octanol–water partition coefficient (Wildman–Crippen LogP) is 4.38. The molecule has 2 aromatic heterocycles. The molecule has 1 amide bonds. The number of ether oxygens (including phenoxy) is 1. The Bertz CT molecular complexity index is 923. The molecule has 4 nitrogen and oxygen atoms in total. The molecule has 0 aliphatic carbocycles. The first kappa shape index (κ1) is 15.8. The molecule has 1 aliphatic rings. The Morgan fingerprint density at radius 1 is 1.24 bits per heavy atom. The van der Waals surface area contributed by atoms with Crippen molar-refractivity contribution < 1.29 is 13.9 Å². The number of thiophene rings is 1. The van der Waals surface area contributed by atoms with Crippen molar-refractivity contribution in [3.63, 3.8) is 0 Å². The summed E-state index contributed by atoms with van der Waals surface area (Å²) in [6.45, 7) is 2.39. The number of fused-ring (bicyclic) bond motifs is 1. The van der Waals surface area contributed by atoms with Crippen LogP contribution in [-0.4, -0.2) is 23.5 Å². The third-order valence-electron chi connectivity index (χ3n) is 3.99. The molecule has 0 bridgehead atoms. The van der Waals surface area contributed by atoms with Crippen LogP contribution in [0.15, 0.2) is 54.7 Å². The highest BCUT2D eigenvalue weighted by molar-refractivity contribution is 7.17. The van der Waals surface area contributed by atoms with Crippen molar-refractivity contribution in [1.29, 1.82) is 0 Å². The first-order valence-electron chi connectivity index (χ1n) is 7.91. The smallest absolute Gasteiger partial charge is 0.268 e. The molecule has 25 heavy (non-hydrogen) atoms. The van der Waals surface area contributed by atoms with Crippen LogP contribution in [-0.2, 0) is 0 Å². The second-order valence-corrected chi connectivity index (χ2v) is 6.93. The van der Waals surface area contributed by atoms with Crippen molar-refractivity contribution in [2.75, 3.05) is 11.4 Å². The van der Waals surface area contributed by atoms with Crippen molar-refractivity contribution >= 4 is 22.9 Å². The third-order valence-corrected chi connectivity index (χ3v) is 5.11. The number of benzene rings is 1. The van der Waals surface area contributed by atoms with E-state index in [0.717, 1.165) is 10.4 Å². The van der Waals surface area contributed by atoms with Gasteiger partial charge < -0.3 is 4.74 Å². The number of anilines is 1. The van der Waals surface area contributed by atoms with Gasteiger partial charge in [-0.1, -0.05) is 12.1 Å². The molecule has 0 saturated carbocycles. The van der Waals surface area contributed by atoms with Crippen LogP contribution >= 0.6 is 11.3 Å². The molecule has 0 N–H and O–H groups in total. The monoisotopic (exact) mass is 354 g/mol. The molecule has 126 valence electrons. The topological polar surface area (TPSA) is 42.4 Å². The minimum absolute atomic E-state index is 0.0808. The molecule has 1 aliphatic heterocycles. The Kier molecular flexibility index (Phi) is 3.97. The predicted molar refractivity (Wildman–Crippen MR) is 95.7 cm³/mol. The minimum Gasteiger partial charge on any atom is -0.471 e. The van der Waals surface area contributed by atoms with E-state index >= 15 is 0 Å². The van der Waals surface area contributed by atoms with Gasteiger partial charge in [-0.2, -0.15) is 0 Å². The van der Waals surface area contributed by atoms with Crippen LogP contribution in [0.1, 0.15) is 16.6 Å². The van der Waals surface area contributed by atoms with Gasteiger partial charge in [0.1, 0.15) is 17.6 Å². The van der Waals surface area contributed by atoms with E-state index in [1.165, 1.54) is 23.5 Å². The fourth-order valence-corrected chi connectivity index (χ4v) is 3.77. The largest absolute Gasteiger partial charge is 0.471 e. The van der Waals surface area contributed by atoms with Gasteiger partial charge in [0.05, 0.1) is 11.4 Å². The number of halogens is 1. The normalized spacial score (nSPS) is 16.2. The van der Waals surface area contributed by atoms with Crippen molar-refractivity contribution in [3.8, 4) is 16.3 Å². The van der Waals surface area contributed by atoms with E-state index in [1.807, 2.05) is 25.1 Å². The number of nitrogens with zero attached hydrogens (tertiary/aromatic N) is 2. The summed E-state index contributed by atoms with van der Waals surface area (Å²) in [5.74, 6) is 0.121. The average molecular weight is 354 g/mol. The van der Waals surface area contributed by atoms with Crippen molar-refractivity contribution in [2.24, 2.45) is 0 Å². The van der Waals surface area contributed by atoms with Crippen LogP contribution in [0.2, 0.25) is 0 Å². The van der Waals surface area contributed by atoms with Crippen LogP contribution in [0.5, 0.6) is 5.88 Å². The van der Waals surface area contributed by atoms with Crippen LogP contribution in [0.3, 0.4) is 0 Å². The van der Waals surface area contributed by atoms with E-state index in [2.05, 4.69) is 4.98 Å². The number of hydrogen-bond acceptors (Lipinski definition) is 4. The van der Waals surface area contributed by atoms with Crippen LogP contribution in [0.25, 0.3) is 10.4 Å². The lowest BCUT2D eigenvalue weighted by Crippen LogP contribution is -2.42. The van der Waals surface area contributed by atoms with Gasteiger partial charge in [0.15, 0.2) is 0 Å². The summed E-state index contributed by atoms with van der Waals surface area (Å²) in [7, 11) is 0. The molecular formula is C19H15FN2O2S. The van der Waals surface area contributed by atoms with Crippen LogP contribution < -0.4 is 9.64 Å². The summed E-state index contributed by atoms with van der Waals surface area (Å²) in [5, 5.41) is 0. The Morgan fingerprint density at radius 2 is 2.04 bits per heavy atom. The zero-order valence-electron chi connectivity index (χ0n) is 13.5. The van der Waals surface area contributed by atoms with E-state index in [-0.39, 0.29) is 17.8 Å². The summed E-state index contributed by atoms with van der Waals surface area (Å²) < 4.78 is 18.8. The van der Waals surface area contributed by atoms with Gasteiger partial charge in [-0.05, 0) is 48.9 Å². The third kappa shape index (κ3) is 3.00. The van der Waals surface area contributed by atoms with Gasteiger partial charge in [0.2, 0.25) is 5.88 Å². The number of amides is 1. The Hall–Kier alpha value is -2.73. The van der Waals surface area contributed by atoms with Crippen molar-refractivity contribution in [1.82, 2.24) is 4.98 Å². The van der Waals surface area contributed by atoms with Crippen molar-refractivity contribution in [2.45, 2.75) is 13.0 Å². The summed E-state index contributed by atoms with van der Waals surface area (Å²) in [6, 6.07) is 13.6. The molecule has 6 heteroatoms. The standard InChI is InChI=1S/C19H15FN2O2S/c1-12-11-22(15-3-2-10-21-18(15)24-12)19(23)17-9-8-16(25-17)13-4-6-14(20)7-5-13/h2-10,12H,11H2,1H3. The maximum atomic E-state index is 13.1. The molecule has 0 spiro atoms. The highest BCUT2D eigenvalue weighted by atomic mass is 32.1. The Morgan fingerprint density at radius 3 is 2.84 bits per heavy atom. The Labute approximate surface area is 148 Å². The molecular weight excluding hydrogens is 339 g/mol. The summed E-state index contributed by atoms with van der Waals surface area (Å²) in [4.78, 5) is 20.5. The quantitative estimate of drug-likeness (QED) is 0.686. The molecule has 3 aromatic rings. The lowest BCUT2D eigenvalue weighted by Gasteiger charge is -2.32. The maximum Gasteiger partial charge on any atom is 0.268 e. The molecule has 1 atom stereocenters. The number of rotatable bonds is 2. The lowest BCUT2D eigenvalue weighted by atomic mass is 10.2. The first-order valence-corrected chi connectivity index (χ1v) is 8.73. The van der Waals surface area contributed by atoms with E-state index in [0.29, 0.717) is 23.0 Å². The van der Waals surface area contributed by atoms with Gasteiger partial charge >= 0.3 is 0 Å². The van der Waals surface area contributed by atoms with E-state index < -0.39 is 0 Å². The number of hydrogen-bond donors (Lipinski definition) is 0. The maximum absolute atomic E-state index is 13.1. The second-order valence-electron chi connectivity index (χ2n) is 5.84. The summed E-state index contributed by atoms with van der Waals surface area (Å²) in [5.41, 5.74) is 1.57. The molecule has 0 radical (unpaired) electrons. The van der Waals surface area contributed by atoms with E-state index in [1.54, 1.807) is 29.3 Å². The van der Waals surface area contributed by atoms with E-state index in [9.17, 15) is 9.18 Å². The fourth-order valence-electron chi connectivity index (χ4n) is 2.81. The van der Waals surface area contributed by atoms with Gasteiger partial charge in [0.25, 0.3) is 5.91 Å². The number of aromatic nitrogens is 1. The Balaban J connectivity index is 1.65. The molecule has 1 unspecified atom stereocenters. The lowest BCUT2D eigenvalue weighted by molar-refractivity contribution is 0.0962. The van der Waals surface area contributed by atoms with Crippen molar-refractivity contribution in [3.05, 3.63) is 65.4 Å².